The minimum Gasteiger partial charge on any atom is -0.444 e. The third-order valence-corrected chi connectivity index (χ3v) is 5.46. The van der Waals surface area contributed by atoms with Gasteiger partial charge in [-0.25, -0.2) is 4.79 Å². The molecule has 9 heteroatoms. The highest BCUT2D eigenvalue weighted by molar-refractivity contribution is 5.93. The van der Waals surface area contributed by atoms with Crippen molar-refractivity contribution in [3.05, 3.63) is 58.4 Å². The molecular weight excluding hydrogens is 435 g/mol. The van der Waals surface area contributed by atoms with Crippen LogP contribution in [0.4, 0.5) is 18.0 Å². The molecule has 2 aromatic rings. The van der Waals surface area contributed by atoms with Crippen LogP contribution in [-0.2, 0) is 30.4 Å². The van der Waals surface area contributed by atoms with Gasteiger partial charge in [0.05, 0.1) is 11.6 Å². The van der Waals surface area contributed by atoms with Gasteiger partial charge in [-0.15, -0.1) is 0 Å². The van der Waals surface area contributed by atoms with E-state index in [2.05, 4.69) is 10.6 Å². The Balaban J connectivity index is 1.76. The van der Waals surface area contributed by atoms with E-state index in [9.17, 15) is 22.8 Å². The molecule has 0 saturated carbocycles. The second kappa shape index (κ2) is 9.49. The van der Waals surface area contributed by atoms with Gasteiger partial charge in [0.2, 0.25) is 0 Å². The molecule has 1 atom stereocenters. The number of alkyl halides is 3. The molecule has 0 radical (unpaired) electrons. The van der Waals surface area contributed by atoms with Crippen molar-refractivity contribution in [2.45, 2.75) is 77.9 Å². The van der Waals surface area contributed by atoms with Crippen LogP contribution in [0.2, 0.25) is 0 Å². The van der Waals surface area contributed by atoms with Gasteiger partial charge in [-0.1, -0.05) is 12.1 Å². The maximum Gasteiger partial charge on any atom is 0.416 e. The molecule has 1 aromatic carbocycles. The number of fused-ring (bicyclic) bond motifs is 1. The summed E-state index contributed by atoms with van der Waals surface area (Å²) >= 11 is 0. The number of halogens is 3. The number of hydrogen-bond acceptors (Lipinski definition) is 3. The van der Waals surface area contributed by atoms with Crippen LogP contribution in [0.1, 0.15) is 79.5 Å². The average Bonchev–Trinajstić information content (AvgIpc) is 3.09. The second-order valence-electron chi connectivity index (χ2n) is 9.28. The third kappa shape index (κ3) is 6.30. The number of nitrogens with zero attached hydrogens (tertiary/aromatic N) is 1. The van der Waals surface area contributed by atoms with E-state index < -0.39 is 29.5 Å². The van der Waals surface area contributed by atoms with Gasteiger partial charge >= 0.3 is 12.3 Å². The molecule has 3 rings (SSSR count). The Labute approximate surface area is 191 Å². The molecule has 2 amide bonds. The van der Waals surface area contributed by atoms with Crippen LogP contribution < -0.4 is 10.6 Å². The summed E-state index contributed by atoms with van der Waals surface area (Å²) in [5.41, 5.74) is 1.25. The highest BCUT2D eigenvalue weighted by Crippen LogP contribution is 2.31. The zero-order chi connectivity index (χ0) is 24.4. The maximum atomic E-state index is 13.1. The lowest BCUT2D eigenvalue weighted by Crippen LogP contribution is -2.32. The van der Waals surface area contributed by atoms with Crippen molar-refractivity contribution >= 4 is 12.0 Å². The first-order valence-corrected chi connectivity index (χ1v) is 11.0. The van der Waals surface area contributed by atoms with Gasteiger partial charge in [0.25, 0.3) is 5.91 Å². The van der Waals surface area contributed by atoms with Crippen molar-refractivity contribution in [2.75, 3.05) is 0 Å². The molecule has 33 heavy (non-hydrogen) atoms. The molecule has 0 bridgehead atoms. The fourth-order valence-corrected chi connectivity index (χ4v) is 3.92. The first-order valence-electron chi connectivity index (χ1n) is 11.0. The predicted molar refractivity (Wildman–Crippen MR) is 118 cm³/mol. The Morgan fingerprint density at radius 2 is 1.88 bits per heavy atom. The Morgan fingerprint density at radius 3 is 2.55 bits per heavy atom. The number of amides is 2. The number of rotatable bonds is 5. The van der Waals surface area contributed by atoms with Crippen LogP contribution in [-0.4, -0.2) is 22.2 Å². The third-order valence-electron chi connectivity index (χ3n) is 5.46. The van der Waals surface area contributed by atoms with E-state index in [1.807, 2.05) is 4.57 Å². The summed E-state index contributed by atoms with van der Waals surface area (Å²) in [4.78, 5) is 25.1. The van der Waals surface area contributed by atoms with Crippen molar-refractivity contribution in [1.82, 2.24) is 15.2 Å². The molecule has 0 spiro atoms. The van der Waals surface area contributed by atoms with Gasteiger partial charge < -0.3 is 19.9 Å². The Bertz CT molecular complexity index is 1020. The van der Waals surface area contributed by atoms with Crippen molar-refractivity contribution in [2.24, 2.45) is 0 Å². The number of benzene rings is 1. The number of aromatic nitrogens is 1. The molecule has 2 N–H and O–H groups in total. The number of alkyl carbamates (subject to hydrolysis) is 1. The van der Waals surface area contributed by atoms with Crippen molar-refractivity contribution in [3.63, 3.8) is 0 Å². The van der Waals surface area contributed by atoms with Gasteiger partial charge in [0, 0.05) is 18.8 Å². The first-order chi connectivity index (χ1) is 15.3. The molecule has 1 aliphatic heterocycles. The highest BCUT2D eigenvalue weighted by atomic mass is 19.4. The molecule has 1 aromatic heterocycles. The Morgan fingerprint density at radius 1 is 1.15 bits per heavy atom. The highest BCUT2D eigenvalue weighted by Gasteiger charge is 2.31. The largest absolute Gasteiger partial charge is 0.444 e. The first kappa shape index (κ1) is 24.7. The monoisotopic (exact) mass is 465 g/mol. The van der Waals surface area contributed by atoms with Gasteiger partial charge in [0.1, 0.15) is 11.3 Å². The molecule has 1 aliphatic rings. The maximum absolute atomic E-state index is 13.1. The Hall–Kier alpha value is -2.97. The molecule has 0 saturated heterocycles. The summed E-state index contributed by atoms with van der Waals surface area (Å²) in [6.45, 7) is 7.88. The van der Waals surface area contributed by atoms with Crippen LogP contribution in [0.25, 0.3) is 0 Å². The van der Waals surface area contributed by atoms with E-state index in [0.717, 1.165) is 42.7 Å². The molecule has 0 fully saturated rings. The van der Waals surface area contributed by atoms with Crippen molar-refractivity contribution in [1.29, 1.82) is 0 Å². The minimum atomic E-state index is -4.45. The normalized spacial score (nSPS) is 14.9. The second-order valence-corrected chi connectivity index (χ2v) is 9.28. The fraction of sp³-hybridized carbons (Fsp3) is 0.500. The zero-order valence-electron chi connectivity index (χ0n) is 19.3. The average molecular weight is 466 g/mol. The predicted octanol–water partition coefficient (Wildman–Crippen LogP) is 5.36. The Kier molecular flexibility index (Phi) is 7.09. The van der Waals surface area contributed by atoms with Gasteiger partial charge in [0.15, 0.2) is 0 Å². The number of hydrogen-bond donors (Lipinski definition) is 2. The smallest absolute Gasteiger partial charge is 0.416 e. The summed E-state index contributed by atoms with van der Waals surface area (Å²) in [5, 5.41) is 5.54. The van der Waals surface area contributed by atoms with Gasteiger partial charge in [-0.05, 0) is 76.3 Å². The minimum absolute atomic E-state index is 0.223. The lowest BCUT2D eigenvalue weighted by molar-refractivity contribution is -0.137. The summed E-state index contributed by atoms with van der Waals surface area (Å²) < 4.78 is 46.3. The molecule has 0 unspecified atom stereocenters. The number of nitrogens with one attached hydrogen (secondary N) is 2. The van der Waals surface area contributed by atoms with E-state index in [0.29, 0.717) is 17.8 Å². The lowest BCUT2D eigenvalue weighted by atomic mass is 10.0. The zero-order valence-corrected chi connectivity index (χ0v) is 19.3. The quantitative estimate of drug-likeness (QED) is 0.625. The van der Waals surface area contributed by atoms with Crippen LogP contribution in [0, 0.1) is 0 Å². The summed E-state index contributed by atoms with van der Waals surface area (Å²) in [7, 11) is 0. The van der Waals surface area contributed by atoms with E-state index in [-0.39, 0.29) is 12.5 Å². The van der Waals surface area contributed by atoms with Crippen molar-refractivity contribution in [3.8, 4) is 0 Å². The van der Waals surface area contributed by atoms with Crippen LogP contribution >= 0.6 is 0 Å². The number of ether oxygens (including phenoxy) is 1. The lowest BCUT2D eigenvalue weighted by Gasteiger charge is -2.21. The molecular formula is C24H30F3N3O3. The van der Waals surface area contributed by atoms with Crippen LogP contribution in [0.3, 0.4) is 0 Å². The number of carbonyl (C=O) groups excluding carboxylic acids is 2. The van der Waals surface area contributed by atoms with Crippen molar-refractivity contribution < 1.29 is 27.5 Å². The van der Waals surface area contributed by atoms with E-state index >= 15 is 0 Å². The van der Waals surface area contributed by atoms with E-state index in [1.165, 1.54) is 6.07 Å². The molecule has 2 heterocycles. The topological polar surface area (TPSA) is 72.4 Å². The molecule has 0 aliphatic carbocycles. The van der Waals surface area contributed by atoms with Crippen LogP contribution in [0.15, 0.2) is 30.3 Å². The van der Waals surface area contributed by atoms with Gasteiger partial charge in [-0.2, -0.15) is 13.2 Å². The molecule has 180 valence electrons. The SMILES string of the molecule is C[C@@H](NC(=O)c1cc(CNC(=O)OC(C)(C)C)c2n1CCCC2)c1cccc(C(F)(F)F)c1. The summed E-state index contributed by atoms with van der Waals surface area (Å²) in [6.07, 6.45) is -2.31. The summed E-state index contributed by atoms with van der Waals surface area (Å²) in [5.74, 6) is -0.369. The molecule has 6 nitrogen and oxygen atoms in total. The standard InChI is InChI=1S/C24H30F3N3O3/c1-15(16-8-7-9-18(12-16)24(25,26)27)29-21(31)20-13-17(19-10-5-6-11-30(19)20)14-28-22(32)33-23(2,3)4/h7-9,12-13,15H,5-6,10-11,14H2,1-4H3,(H,28,32)(H,29,31)/t15-/m1/s1. The van der Waals surface area contributed by atoms with E-state index in [4.69, 9.17) is 4.74 Å². The summed E-state index contributed by atoms with van der Waals surface area (Å²) in [6, 6.07) is 6.08. The fourth-order valence-electron chi connectivity index (χ4n) is 3.92. The van der Waals surface area contributed by atoms with E-state index in [1.54, 1.807) is 39.8 Å². The van der Waals surface area contributed by atoms with Crippen LogP contribution in [0.5, 0.6) is 0 Å². The number of carbonyl (C=O) groups is 2. The van der Waals surface area contributed by atoms with Gasteiger partial charge in [-0.3, -0.25) is 4.79 Å².